The predicted octanol–water partition coefficient (Wildman–Crippen LogP) is 1.73. The van der Waals surface area contributed by atoms with Gasteiger partial charge >= 0.3 is 0 Å². The third kappa shape index (κ3) is 3.41. The normalized spacial score (nSPS) is 15.2. The number of rotatable bonds is 7. The lowest BCUT2D eigenvalue weighted by Crippen LogP contribution is -2.29. The molecule has 0 spiro atoms. The van der Waals surface area contributed by atoms with Crippen molar-refractivity contribution in [3.05, 3.63) is 23.9 Å². The van der Waals surface area contributed by atoms with Crippen molar-refractivity contribution in [3.8, 4) is 0 Å². The van der Waals surface area contributed by atoms with E-state index in [1.807, 2.05) is 19.3 Å². The van der Waals surface area contributed by atoms with Crippen LogP contribution in [0.1, 0.15) is 18.4 Å². The first-order valence-electron chi connectivity index (χ1n) is 6.19. The molecule has 1 saturated carbocycles. The molecule has 0 radical (unpaired) electrons. The third-order valence-electron chi connectivity index (χ3n) is 3.15. The molecule has 1 aliphatic rings. The molecule has 1 aromatic heterocycles. The van der Waals surface area contributed by atoms with Gasteiger partial charge in [0.25, 0.3) is 0 Å². The maximum Gasteiger partial charge on any atom is 0.130 e. The highest BCUT2D eigenvalue weighted by atomic mass is 16.5. The molecule has 1 N–H and O–H groups in total. The van der Waals surface area contributed by atoms with Crippen molar-refractivity contribution in [2.75, 3.05) is 32.6 Å². The molecule has 1 heterocycles. The molecule has 4 heteroatoms. The quantitative estimate of drug-likeness (QED) is 0.781. The average Bonchev–Trinajstić information content (AvgIpc) is 3.19. The van der Waals surface area contributed by atoms with Crippen LogP contribution in [0.3, 0.4) is 0 Å². The number of methoxy groups -OCH3 is 1. The lowest BCUT2D eigenvalue weighted by atomic mass is 10.2. The average molecular weight is 235 g/mol. The number of nitrogens with one attached hydrogen (secondary N) is 1. The largest absolute Gasteiger partial charge is 0.383 e. The molecule has 1 fully saturated rings. The zero-order valence-electron chi connectivity index (χ0n) is 10.6. The van der Waals surface area contributed by atoms with E-state index in [1.54, 1.807) is 7.11 Å². The van der Waals surface area contributed by atoms with Gasteiger partial charge in [0.2, 0.25) is 0 Å². The van der Waals surface area contributed by atoms with E-state index >= 15 is 0 Å². The topological polar surface area (TPSA) is 37.4 Å². The minimum Gasteiger partial charge on any atom is -0.383 e. The maximum absolute atomic E-state index is 5.17. The molecular formula is C13H21N3O. The van der Waals surface area contributed by atoms with Crippen molar-refractivity contribution in [2.45, 2.75) is 25.4 Å². The number of pyridine rings is 1. The summed E-state index contributed by atoms with van der Waals surface area (Å²) in [5.74, 6) is 0.982. The van der Waals surface area contributed by atoms with Gasteiger partial charge in [0, 0.05) is 45.0 Å². The van der Waals surface area contributed by atoms with Crippen molar-refractivity contribution < 1.29 is 4.74 Å². The number of hydrogen-bond acceptors (Lipinski definition) is 4. The molecule has 94 valence electrons. The Morgan fingerprint density at radius 1 is 1.53 bits per heavy atom. The second-order valence-electron chi connectivity index (χ2n) is 4.46. The zero-order chi connectivity index (χ0) is 12.1. The van der Waals surface area contributed by atoms with Gasteiger partial charge in [0.15, 0.2) is 0 Å². The van der Waals surface area contributed by atoms with Gasteiger partial charge < -0.3 is 10.1 Å². The van der Waals surface area contributed by atoms with E-state index in [2.05, 4.69) is 21.3 Å². The van der Waals surface area contributed by atoms with E-state index in [9.17, 15) is 0 Å². The van der Waals surface area contributed by atoms with Crippen LogP contribution in [-0.4, -0.2) is 43.2 Å². The minimum absolute atomic E-state index is 0.745. The summed E-state index contributed by atoms with van der Waals surface area (Å²) >= 11 is 0. The summed E-state index contributed by atoms with van der Waals surface area (Å²) in [6, 6.07) is 4.88. The summed E-state index contributed by atoms with van der Waals surface area (Å²) < 4.78 is 5.17. The molecule has 0 unspecified atom stereocenters. The second-order valence-corrected chi connectivity index (χ2v) is 4.46. The van der Waals surface area contributed by atoms with Crippen LogP contribution in [0, 0.1) is 0 Å². The Bertz CT molecular complexity index is 352. The standard InChI is InChI=1S/C13H21N3O/c1-14-13-11(4-3-7-15-13)10-16(8-9-17-2)12-5-6-12/h3-4,7,12H,5-6,8-10H2,1-2H3,(H,14,15). The van der Waals surface area contributed by atoms with E-state index in [0.29, 0.717) is 0 Å². The summed E-state index contributed by atoms with van der Waals surface area (Å²) in [5, 5.41) is 3.15. The lowest BCUT2D eigenvalue weighted by Gasteiger charge is -2.22. The van der Waals surface area contributed by atoms with E-state index < -0.39 is 0 Å². The van der Waals surface area contributed by atoms with Crippen molar-refractivity contribution in [1.82, 2.24) is 9.88 Å². The van der Waals surface area contributed by atoms with Crippen LogP contribution in [0.25, 0.3) is 0 Å². The number of hydrogen-bond donors (Lipinski definition) is 1. The highest BCUT2D eigenvalue weighted by Gasteiger charge is 2.28. The van der Waals surface area contributed by atoms with Crippen molar-refractivity contribution in [1.29, 1.82) is 0 Å². The highest BCUT2D eigenvalue weighted by Crippen LogP contribution is 2.28. The second kappa shape index (κ2) is 5.98. The Kier molecular flexibility index (Phi) is 4.34. The van der Waals surface area contributed by atoms with Crippen LogP contribution in [0.15, 0.2) is 18.3 Å². The number of nitrogens with zero attached hydrogens (tertiary/aromatic N) is 2. The maximum atomic E-state index is 5.17. The smallest absolute Gasteiger partial charge is 0.130 e. The minimum atomic E-state index is 0.745. The van der Waals surface area contributed by atoms with Crippen LogP contribution in [0.5, 0.6) is 0 Å². The Morgan fingerprint density at radius 3 is 3.00 bits per heavy atom. The number of ether oxygens (including phenoxy) is 1. The van der Waals surface area contributed by atoms with Crippen LogP contribution in [0.4, 0.5) is 5.82 Å². The molecule has 0 aliphatic heterocycles. The Morgan fingerprint density at radius 2 is 2.35 bits per heavy atom. The first-order valence-corrected chi connectivity index (χ1v) is 6.19. The number of aromatic nitrogens is 1. The van der Waals surface area contributed by atoms with Crippen LogP contribution < -0.4 is 5.32 Å². The fourth-order valence-corrected chi connectivity index (χ4v) is 2.05. The molecule has 2 rings (SSSR count). The summed E-state index contributed by atoms with van der Waals surface area (Å²) in [4.78, 5) is 6.83. The molecule has 0 aromatic carbocycles. The molecule has 4 nitrogen and oxygen atoms in total. The molecule has 1 aromatic rings. The first-order chi connectivity index (χ1) is 8.35. The van der Waals surface area contributed by atoms with Gasteiger partial charge in [-0.1, -0.05) is 6.07 Å². The Hall–Kier alpha value is -1.13. The van der Waals surface area contributed by atoms with Gasteiger partial charge in [-0.3, -0.25) is 4.90 Å². The summed E-state index contributed by atoms with van der Waals surface area (Å²) in [5.41, 5.74) is 1.26. The Labute approximate surface area is 103 Å². The summed E-state index contributed by atoms with van der Waals surface area (Å²) in [6.07, 6.45) is 4.46. The van der Waals surface area contributed by atoms with Crippen molar-refractivity contribution in [2.24, 2.45) is 0 Å². The molecule has 0 bridgehead atoms. The predicted molar refractivity (Wildman–Crippen MR) is 69.1 cm³/mol. The van der Waals surface area contributed by atoms with E-state index in [-0.39, 0.29) is 0 Å². The van der Waals surface area contributed by atoms with Crippen molar-refractivity contribution >= 4 is 5.82 Å². The molecule has 1 aliphatic carbocycles. The molecule has 17 heavy (non-hydrogen) atoms. The van der Waals surface area contributed by atoms with Gasteiger partial charge in [0.05, 0.1) is 6.61 Å². The monoisotopic (exact) mass is 235 g/mol. The van der Waals surface area contributed by atoms with Gasteiger partial charge in [-0.25, -0.2) is 4.98 Å². The Balaban J connectivity index is 2.00. The van der Waals surface area contributed by atoms with E-state index in [1.165, 1.54) is 18.4 Å². The molecular weight excluding hydrogens is 214 g/mol. The fraction of sp³-hybridized carbons (Fsp3) is 0.615. The summed E-state index contributed by atoms with van der Waals surface area (Å²) in [6.45, 7) is 2.75. The van der Waals surface area contributed by atoms with Gasteiger partial charge in [0.1, 0.15) is 5.82 Å². The van der Waals surface area contributed by atoms with Gasteiger partial charge in [-0.2, -0.15) is 0 Å². The fourth-order valence-electron chi connectivity index (χ4n) is 2.05. The SMILES string of the molecule is CNc1ncccc1CN(CCOC)C1CC1. The third-order valence-corrected chi connectivity index (χ3v) is 3.15. The van der Waals surface area contributed by atoms with Gasteiger partial charge in [-0.15, -0.1) is 0 Å². The van der Waals surface area contributed by atoms with E-state index in [4.69, 9.17) is 4.74 Å². The first kappa shape index (κ1) is 12.3. The van der Waals surface area contributed by atoms with E-state index in [0.717, 1.165) is 31.6 Å². The van der Waals surface area contributed by atoms with Crippen LogP contribution in [0.2, 0.25) is 0 Å². The van der Waals surface area contributed by atoms with Crippen LogP contribution in [-0.2, 0) is 11.3 Å². The van der Waals surface area contributed by atoms with Crippen molar-refractivity contribution in [3.63, 3.8) is 0 Å². The number of anilines is 1. The lowest BCUT2D eigenvalue weighted by molar-refractivity contribution is 0.139. The van der Waals surface area contributed by atoms with Gasteiger partial charge in [-0.05, 0) is 18.9 Å². The zero-order valence-corrected chi connectivity index (χ0v) is 10.6. The highest BCUT2D eigenvalue weighted by molar-refractivity contribution is 5.42. The molecule has 0 saturated heterocycles. The summed E-state index contributed by atoms with van der Waals surface area (Å²) in [7, 11) is 3.68. The molecule has 0 amide bonds. The molecule has 0 atom stereocenters. The van der Waals surface area contributed by atoms with Crippen LogP contribution >= 0.6 is 0 Å².